The van der Waals surface area contributed by atoms with Crippen LogP contribution in [0.4, 0.5) is 0 Å². The number of rotatable bonds is 78. The van der Waals surface area contributed by atoms with Crippen LogP contribution in [0.3, 0.4) is 0 Å². The summed E-state index contributed by atoms with van der Waals surface area (Å²) in [5.74, 6) is -1.99. The highest BCUT2D eigenvalue weighted by Crippen LogP contribution is 2.19. The Kier molecular flexibility index (Phi) is 76.4. The number of allylic oxidation sites excluding steroid dienone is 18. The minimum Gasteiger partial charge on any atom is -0.477 e. The molecule has 0 rings (SSSR count). The SMILES string of the molecule is CC/C=C\C/C=C\C/C=C\C/C=C\C/C=C\C/C=C\C/C=C\C/C=C\CCCCCCCCCCCCCCCCC(=O)OC(COC(=O)CCCCCCCCCCCCCCCCCCCCCCCCC/C=C\CCCCCCCCCC)COC(OCC[N+](C)(C)C)C(=O)O. The van der Waals surface area contributed by atoms with Crippen molar-refractivity contribution in [1.82, 2.24) is 0 Å². The van der Waals surface area contributed by atoms with Gasteiger partial charge in [-0.3, -0.25) is 9.59 Å². The Morgan fingerprint density at radius 2 is 0.576 bits per heavy atom. The van der Waals surface area contributed by atoms with Crippen LogP contribution in [-0.2, 0) is 33.3 Å². The maximum atomic E-state index is 13.0. The second-order valence-corrected chi connectivity index (χ2v) is 29.4. The lowest BCUT2D eigenvalue weighted by Gasteiger charge is -2.25. The molecule has 2 unspecified atom stereocenters. The largest absolute Gasteiger partial charge is 0.477 e. The molecule has 0 fully saturated rings. The van der Waals surface area contributed by atoms with E-state index in [1.54, 1.807) is 0 Å². The van der Waals surface area contributed by atoms with Crippen LogP contribution in [0.15, 0.2) is 109 Å². The molecule has 0 aromatic rings. The Labute approximate surface area is 613 Å². The van der Waals surface area contributed by atoms with Gasteiger partial charge in [0, 0.05) is 12.8 Å². The fraction of sp³-hybridized carbons (Fsp3) is 0.767. The molecule has 99 heavy (non-hydrogen) atoms. The normalized spacial score (nSPS) is 13.2. The van der Waals surface area contributed by atoms with Crippen molar-refractivity contribution < 1.29 is 42.9 Å². The van der Waals surface area contributed by atoms with E-state index in [4.69, 9.17) is 18.9 Å². The summed E-state index contributed by atoms with van der Waals surface area (Å²) in [6.45, 7) is 4.81. The third-order valence-electron chi connectivity index (χ3n) is 18.5. The third kappa shape index (κ3) is 81.1. The van der Waals surface area contributed by atoms with Gasteiger partial charge in [-0.2, -0.15) is 0 Å². The predicted molar refractivity (Wildman–Crippen MR) is 428 cm³/mol. The van der Waals surface area contributed by atoms with Gasteiger partial charge in [-0.15, -0.1) is 0 Å². The number of likely N-dealkylation sites (N-methyl/N-ethyl adjacent to an activating group) is 1. The predicted octanol–water partition coefficient (Wildman–Crippen LogP) is 27.3. The van der Waals surface area contributed by atoms with E-state index in [0.717, 1.165) is 89.9 Å². The molecule has 0 bridgehead atoms. The topological polar surface area (TPSA) is 108 Å². The van der Waals surface area contributed by atoms with Gasteiger partial charge in [-0.05, 0) is 103 Å². The second-order valence-electron chi connectivity index (χ2n) is 29.4. The van der Waals surface area contributed by atoms with Gasteiger partial charge in [-0.25, -0.2) is 4.79 Å². The van der Waals surface area contributed by atoms with Gasteiger partial charge in [0.2, 0.25) is 0 Å². The van der Waals surface area contributed by atoms with Crippen molar-refractivity contribution in [3.05, 3.63) is 109 Å². The first-order valence-electron chi connectivity index (χ1n) is 42.1. The Hall–Kier alpha value is -4.05. The van der Waals surface area contributed by atoms with Crippen molar-refractivity contribution in [2.45, 2.75) is 399 Å². The average molecular weight is 1380 g/mol. The third-order valence-corrected chi connectivity index (χ3v) is 18.5. The van der Waals surface area contributed by atoms with Crippen LogP contribution in [0.1, 0.15) is 386 Å². The van der Waals surface area contributed by atoms with Gasteiger partial charge in [0.15, 0.2) is 6.10 Å². The molecule has 0 saturated carbocycles. The highest BCUT2D eigenvalue weighted by molar-refractivity contribution is 5.71. The second kappa shape index (κ2) is 79.6. The van der Waals surface area contributed by atoms with Crippen LogP contribution < -0.4 is 0 Å². The molecule has 0 aromatic carbocycles. The zero-order valence-corrected chi connectivity index (χ0v) is 65.6. The number of ether oxygens (including phenoxy) is 4. The number of carboxylic acid groups (broad SMARTS) is 1. The van der Waals surface area contributed by atoms with E-state index in [2.05, 4.69) is 123 Å². The molecule has 0 aliphatic carbocycles. The molecular formula is C90H160NO8+. The van der Waals surface area contributed by atoms with Gasteiger partial charge in [0.25, 0.3) is 6.29 Å². The van der Waals surface area contributed by atoms with Crippen LogP contribution in [0.25, 0.3) is 0 Å². The van der Waals surface area contributed by atoms with Crippen molar-refractivity contribution in [1.29, 1.82) is 0 Å². The molecule has 0 aliphatic heterocycles. The number of quaternary nitrogens is 1. The van der Waals surface area contributed by atoms with Gasteiger partial charge in [-0.1, -0.05) is 380 Å². The van der Waals surface area contributed by atoms with E-state index < -0.39 is 24.3 Å². The average Bonchev–Trinajstić information content (AvgIpc) is 1.14. The van der Waals surface area contributed by atoms with Crippen LogP contribution in [0.5, 0.6) is 0 Å². The molecule has 1 N–H and O–H groups in total. The Bertz CT molecular complexity index is 2000. The standard InChI is InChI=1S/C90H159NO8/c1-6-8-10-12-14-16-18-20-22-24-26-28-30-32-34-36-38-40-42-43-44-45-47-49-51-53-55-57-59-61-63-65-67-69-71-73-75-77-79-81-88(93)99-86(85-98-90(89(94)95)96-83-82-91(3,4)5)84-97-87(92)80-78-76-74-72-70-68-66-64-62-60-58-56-54-52-50-48-46-41-39-37-35-33-31-29-27-25-23-21-19-17-15-13-11-9-7-2/h8,10,14,16,20,22,25-28,32,34,38,40,43-44,47,49,86,90H,6-7,9,11-13,15,17-19,21,23-24,29-31,33,35-37,39,41-42,45-46,48,50-85H2,1-5H3/p+1/b10-8-,16-14-,22-20-,27-25-,28-26-,34-32-,40-38-,44-43-,49-47-. The molecule has 9 heteroatoms. The van der Waals surface area contributed by atoms with Crippen LogP contribution in [0.2, 0.25) is 0 Å². The van der Waals surface area contributed by atoms with Crippen molar-refractivity contribution >= 4 is 17.9 Å². The number of nitrogens with zero attached hydrogens (tertiary/aromatic N) is 1. The first-order valence-corrected chi connectivity index (χ1v) is 42.1. The fourth-order valence-corrected chi connectivity index (χ4v) is 12.1. The Morgan fingerprint density at radius 3 is 0.869 bits per heavy atom. The van der Waals surface area contributed by atoms with E-state index in [9.17, 15) is 19.5 Å². The summed E-state index contributed by atoms with van der Waals surface area (Å²) in [6.07, 6.45) is 110. The Morgan fingerprint density at radius 1 is 0.313 bits per heavy atom. The van der Waals surface area contributed by atoms with Gasteiger partial charge in [0.1, 0.15) is 13.2 Å². The monoisotopic (exact) mass is 1380 g/mol. The van der Waals surface area contributed by atoms with Crippen molar-refractivity contribution in [3.63, 3.8) is 0 Å². The van der Waals surface area contributed by atoms with E-state index >= 15 is 0 Å². The molecule has 2 atom stereocenters. The summed E-state index contributed by atoms with van der Waals surface area (Å²) in [7, 11) is 5.99. The van der Waals surface area contributed by atoms with Crippen LogP contribution in [0, 0.1) is 0 Å². The smallest absolute Gasteiger partial charge is 0.361 e. The van der Waals surface area contributed by atoms with Crippen molar-refractivity contribution in [3.8, 4) is 0 Å². The Balaban J connectivity index is 4.00. The summed E-state index contributed by atoms with van der Waals surface area (Å²) in [4.78, 5) is 37.8. The molecule has 0 amide bonds. The first kappa shape index (κ1) is 94.9. The molecule has 0 saturated heterocycles. The maximum Gasteiger partial charge on any atom is 0.361 e. The molecule has 0 radical (unpaired) electrons. The minimum atomic E-state index is -1.51. The first-order chi connectivity index (χ1) is 48.6. The molecule has 0 aromatic heterocycles. The summed E-state index contributed by atoms with van der Waals surface area (Å²) < 4.78 is 23.1. The number of aliphatic carboxylic acids is 1. The van der Waals surface area contributed by atoms with Crippen molar-refractivity contribution in [2.75, 3.05) is 47.5 Å². The zero-order chi connectivity index (χ0) is 71.8. The lowest BCUT2D eigenvalue weighted by atomic mass is 10.0. The number of hydrogen-bond acceptors (Lipinski definition) is 7. The minimum absolute atomic E-state index is 0.182. The number of carbonyl (C=O) groups is 3. The summed E-state index contributed by atoms with van der Waals surface area (Å²) in [6, 6.07) is 0. The van der Waals surface area contributed by atoms with Crippen molar-refractivity contribution in [2.24, 2.45) is 0 Å². The molecule has 0 heterocycles. The lowest BCUT2D eigenvalue weighted by molar-refractivity contribution is -0.870. The number of unbranched alkanes of at least 4 members (excludes halogenated alkanes) is 45. The number of carboxylic acids is 1. The fourth-order valence-electron chi connectivity index (χ4n) is 12.1. The van der Waals surface area contributed by atoms with Gasteiger partial charge < -0.3 is 28.5 Å². The van der Waals surface area contributed by atoms with Crippen LogP contribution in [-0.4, -0.2) is 87.4 Å². The van der Waals surface area contributed by atoms with E-state index in [0.29, 0.717) is 17.4 Å². The van der Waals surface area contributed by atoms with Gasteiger partial charge >= 0.3 is 17.9 Å². The summed E-state index contributed by atoms with van der Waals surface area (Å²) in [5.41, 5.74) is 0. The van der Waals surface area contributed by atoms with Gasteiger partial charge in [0.05, 0.1) is 34.4 Å². The summed E-state index contributed by atoms with van der Waals surface area (Å²) >= 11 is 0. The maximum absolute atomic E-state index is 13.0. The quantitative estimate of drug-likeness (QED) is 0.0211. The molecule has 572 valence electrons. The molecule has 0 aliphatic rings. The highest BCUT2D eigenvalue weighted by atomic mass is 16.7. The zero-order valence-electron chi connectivity index (χ0n) is 65.6. The lowest BCUT2D eigenvalue weighted by Crippen LogP contribution is -2.40. The van der Waals surface area contributed by atoms with E-state index in [1.165, 1.54) is 270 Å². The molecule has 9 nitrogen and oxygen atoms in total. The van der Waals surface area contributed by atoms with E-state index in [-0.39, 0.29) is 32.2 Å². The molecule has 0 spiro atoms. The molecular weight excluding hydrogens is 1220 g/mol. The van der Waals surface area contributed by atoms with E-state index in [1.807, 2.05) is 21.1 Å². The number of esters is 2. The van der Waals surface area contributed by atoms with Crippen LogP contribution >= 0.6 is 0 Å². The summed E-state index contributed by atoms with van der Waals surface area (Å²) in [5, 5.41) is 9.78. The number of hydrogen-bond donors (Lipinski definition) is 1. The highest BCUT2D eigenvalue weighted by Gasteiger charge is 2.25. The number of carbonyl (C=O) groups excluding carboxylic acids is 2.